The topological polar surface area (TPSA) is 29.9 Å². The molecule has 1 unspecified atom stereocenters. The molecule has 3 nitrogen and oxygen atoms in total. The fourth-order valence-electron chi connectivity index (χ4n) is 2.43. The molecular weight excluding hydrogens is 272 g/mol. The van der Waals surface area contributed by atoms with E-state index in [1.807, 2.05) is 24.9 Å². The maximum atomic E-state index is 13.3. The van der Waals surface area contributed by atoms with Gasteiger partial charge in [-0.05, 0) is 44.0 Å². The van der Waals surface area contributed by atoms with Crippen molar-refractivity contribution in [2.24, 2.45) is 7.05 Å². The summed E-state index contributed by atoms with van der Waals surface area (Å²) >= 11 is 0. The van der Waals surface area contributed by atoms with Gasteiger partial charge >= 0.3 is 0 Å². The van der Waals surface area contributed by atoms with Crippen molar-refractivity contribution in [3.8, 4) is 0 Å². The van der Waals surface area contributed by atoms with Gasteiger partial charge in [0.15, 0.2) is 0 Å². The Morgan fingerprint density at radius 2 is 1.90 bits per heavy atom. The Hall–Kier alpha value is -1.75. The Labute approximate surface area is 124 Å². The lowest BCUT2D eigenvalue weighted by Crippen LogP contribution is -2.24. The van der Waals surface area contributed by atoms with Crippen molar-refractivity contribution in [1.82, 2.24) is 15.1 Å². The number of aromatic nitrogens is 2. The second kappa shape index (κ2) is 6.80. The number of rotatable bonds is 6. The van der Waals surface area contributed by atoms with Gasteiger partial charge in [-0.25, -0.2) is 8.78 Å². The van der Waals surface area contributed by atoms with Crippen LogP contribution < -0.4 is 5.32 Å². The molecule has 2 rings (SSSR count). The molecule has 0 amide bonds. The Morgan fingerprint density at radius 3 is 2.43 bits per heavy atom. The molecule has 2 aromatic rings. The molecule has 0 spiro atoms. The van der Waals surface area contributed by atoms with Gasteiger partial charge in [0.1, 0.15) is 11.6 Å². The normalized spacial score (nSPS) is 12.6. The van der Waals surface area contributed by atoms with Crippen LogP contribution >= 0.6 is 0 Å². The van der Waals surface area contributed by atoms with Crippen LogP contribution in [0.5, 0.6) is 0 Å². The SMILES string of the molecule is CCCNC(Cc1cc(F)cc(F)c1)c1cnn(C)c1C. The van der Waals surface area contributed by atoms with Gasteiger partial charge in [-0.3, -0.25) is 4.68 Å². The summed E-state index contributed by atoms with van der Waals surface area (Å²) in [5.74, 6) is -1.08. The lowest BCUT2D eigenvalue weighted by atomic mass is 9.99. The molecule has 1 atom stereocenters. The fraction of sp³-hybridized carbons (Fsp3) is 0.438. The zero-order valence-electron chi connectivity index (χ0n) is 12.7. The third kappa shape index (κ3) is 3.88. The first-order chi connectivity index (χ1) is 10.0. The Kier molecular flexibility index (Phi) is 5.07. The van der Waals surface area contributed by atoms with Crippen molar-refractivity contribution in [3.05, 3.63) is 52.9 Å². The number of nitrogens with zero attached hydrogens (tertiary/aromatic N) is 2. The van der Waals surface area contributed by atoms with Crippen LogP contribution in [0.15, 0.2) is 24.4 Å². The van der Waals surface area contributed by atoms with Gasteiger partial charge in [-0.15, -0.1) is 0 Å². The number of aryl methyl sites for hydroxylation is 1. The van der Waals surface area contributed by atoms with E-state index in [1.165, 1.54) is 12.1 Å². The van der Waals surface area contributed by atoms with Crippen molar-refractivity contribution >= 4 is 0 Å². The van der Waals surface area contributed by atoms with Gasteiger partial charge in [0, 0.05) is 30.4 Å². The Bertz CT molecular complexity index is 587. The van der Waals surface area contributed by atoms with E-state index in [9.17, 15) is 8.78 Å². The minimum absolute atomic E-state index is 0.000139. The van der Waals surface area contributed by atoms with Crippen molar-refractivity contribution in [2.45, 2.75) is 32.7 Å². The molecule has 0 fully saturated rings. The molecule has 0 saturated carbocycles. The number of benzene rings is 1. The van der Waals surface area contributed by atoms with Crippen LogP contribution in [-0.4, -0.2) is 16.3 Å². The molecule has 0 saturated heterocycles. The predicted molar refractivity (Wildman–Crippen MR) is 79.0 cm³/mol. The molecule has 0 radical (unpaired) electrons. The van der Waals surface area contributed by atoms with Crippen molar-refractivity contribution < 1.29 is 8.78 Å². The first-order valence-electron chi connectivity index (χ1n) is 7.18. The summed E-state index contributed by atoms with van der Waals surface area (Å²) in [7, 11) is 1.89. The maximum Gasteiger partial charge on any atom is 0.126 e. The predicted octanol–water partition coefficient (Wildman–Crippen LogP) is 3.29. The average Bonchev–Trinajstić information content (AvgIpc) is 2.74. The summed E-state index contributed by atoms with van der Waals surface area (Å²) in [5.41, 5.74) is 2.76. The van der Waals surface area contributed by atoms with E-state index >= 15 is 0 Å². The quantitative estimate of drug-likeness (QED) is 0.885. The molecule has 1 N–H and O–H groups in total. The largest absolute Gasteiger partial charge is 0.310 e. The molecule has 1 heterocycles. The van der Waals surface area contributed by atoms with Gasteiger partial charge in [0.2, 0.25) is 0 Å². The van der Waals surface area contributed by atoms with Gasteiger partial charge in [0.25, 0.3) is 0 Å². The van der Waals surface area contributed by atoms with Crippen molar-refractivity contribution in [3.63, 3.8) is 0 Å². The molecule has 0 bridgehead atoms. The average molecular weight is 293 g/mol. The maximum absolute atomic E-state index is 13.3. The van der Waals surface area contributed by atoms with E-state index in [4.69, 9.17) is 0 Å². The monoisotopic (exact) mass is 293 g/mol. The first-order valence-corrected chi connectivity index (χ1v) is 7.18. The third-order valence-electron chi connectivity index (χ3n) is 3.65. The number of hydrogen-bond donors (Lipinski definition) is 1. The van der Waals surface area contributed by atoms with Crippen molar-refractivity contribution in [1.29, 1.82) is 0 Å². The minimum atomic E-state index is -0.540. The zero-order valence-corrected chi connectivity index (χ0v) is 12.7. The molecule has 114 valence electrons. The second-order valence-corrected chi connectivity index (χ2v) is 5.30. The van der Waals surface area contributed by atoms with Crippen LogP contribution in [-0.2, 0) is 13.5 Å². The number of nitrogens with one attached hydrogen (secondary N) is 1. The van der Waals surface area contributed by atoms with E-state index in [0.717, 1.165) is 30.3 Å². The molecule has 0 aliphatic rings. The van der Waals surface area contributed by atoms with E-state index in [1.54, 1.807) is 0 Å². The van der Waals surface area contributed by atoms with E-state index < -0.39 is 11.6 Å². The highest BCUT2D eigenvalue weighted by atomic mass is 19.1. The van der Waals surface area contributed by atoms with Crippen LogP contribution in [0.1, 0.15) is 36.2 Å². The lowest BCUT2D eigenvalue weighted by molar-refractivity contribution is 0.520. The lowest BCUT2D eigenvalue weighted by Gasteiger charge is -2.19. The molecule has 21 heavy (non-hydrogen) atoms. The van der Waals surface area contributed by atoms with Gasteiger partial charge in [-0.2, -0.15) is 5.10 Å². The molecule has 0 aliphatic heterocycles. The van der Waals surface area contributed by atoms with E-state index in [-0.39, 0.29) is 6.04 Å². The van der Waals surface area contributed by atoms with E-state index in [2.05, 4.69) is 17.3 Å². The van der Waals surface area contributed by atoms with Crippen LogP contribution in [0.25, 0.3) is 0 Å². The summed E-state index contributed by atoms with van der Waals surface area (Å²) < 4.78 is 28.5. The van der Waals surface area contributed by atoms with E-state index in [0.29, 0.717) is 12.0 Å². The van der Waals surface area contributed by atoms with Crippen LogP contribution in [0, 0.1) is 18.6 Å². The Balaban J connectivity index is 2.25. The highest BCUT2D eigenvalue weighted by Crippen LogP contribution is 2.22. The van der Waals surface area contributed by atoms with Crippen LogP contribution in [0.4, 0.5) is 8.78 Å². The summed E-state index contributed by atoms with van der Waals surface area (Å²) in [6.45, 7) is 4.92. The smallest absolute Gasteiger partial charge is 0.126 e. The number of halogens is 2. The summed E-state index contributed by atoms with van der Waals surface area (Å²) in [6.07, 6.45) is 3.34. The summed E-state index contributed by atoms with van der Waals surface area (Å²) in [5, 5.41) is 7.68. The van der Waals surface area contributed by atoms with Gasteiger partial charge in [0.05, 0.1) is 6.20 Å². The summed E-state index contributed by atoms with van der Waals surface area (Å²) in [6, 6.07) is 3.66. The molecule has 1 aromatic heterocycles. The third-order valence-corrected chi connectivity index (χ3v) is 3.65. The Morgan fingerprint density at radius 1 is 1.24 bits per heavy atom. The highest BCUT2D eigenvalue weighted by molar-refractivity contribution is 5.25. The van der Waals surface area contributed by atoms with Crippen molar-refractivity contribution in [2.75, 3.05) is 6.54 Å². The molecule has 5 heteroatoms. The second-order valence-electron chi connectivity index (χ2n) is 5.30. The highest BCUT2D eigenvalue weighted by Gasteiger charge is 2.17. The zero-order chi connectivity index (χ0) is 15.4. The van der Waals surface area contributed by atoms with Gasteiger partial charge < -0.3 is 5.32 Å². The minimum Gasteiger partial charge on any atom is -0.310 e. The fourth-order valence-corrected chi connectivity index (χ4v) is 2.43. The van der Waals surface area contributed by atoms with Crippen LogP contribution in [0.3, 0.4) is 0 Å². The molecule has 1 aromatic carbocycles. The standard InChI is InChI=1S/C16H21F2N3/c1-4-5-19-16(15-10-20-21(3)11(15)2)8-12-6-13(17)9-14(18)7-12/h6-7,9-10,16,19H,4-5,8H2,1-3H3. The first kappa shape index (κ1) is 15.6. The molecule has 0 aliphatic carbocycles. The summed E-state index contributed by atoms with van der Waals surface area (Å²) in [4.78, 5) is 0. The molecular formula is C16H21F2N3. The van der Waals surface area contributed by atoms with Gasteiger partial charge in [-0.1, -0.05) is 6.92 Å². The number of hydrogen-bond acceptors (Lipinski definition) is 2. The van der Waals surface area contributed by atoms with Crippen LogP contribution in [0.2, 0.25) is 0 Å².